The number of methoxy groups -OCH3 is 2. The van der Waals surface area contributed by atoms with Crippen LogP contribution in [0.1, 0.15) is 12.5 Å². The number of benzene rings is 1. The highest BCUT2D eigenvalue weighted by Crippen LogP contribution is 2.15. The van der Waals surface area contributed by atoms with Crippen LogP contribution < -0.4 is 4.72 Å². The summed E-state index contributed by atoms with van der Waals surface area (Å²) in [5, 5.41) is 0. The van der Waals surface area contributed by atoms with Gasteiger partial charge in [-0.15, -0.1) is 0 Å². The third-order valence-corrected chi connectivity index (χ3v) is 4.42. The van der Waals surface area contributed by atoms with Gasteiger partial charge in [0, 0.05) is 20.8 Å². The molecule has 0 aliphatic heterocycles. The predicted octanol–water partition coefficient (Wildman–Crippen LogP) is 1.46. The Kier molecular flexibility index (Phi) is 5.64. The topological polar surface area (TPSA) is 64.6 Å². The Hall–Kier alpha value is -1.02. The molecule has 1 aromatic rings. The van der Waals surface area contributed by atoms with E-state index in [9.17, 15) is 12.8 Å². The summed E-state index contributed by atoms with van der Waals surface area (Å²) in [6, 6.07) is 3.65. The molecule has 1 aromatic carbocycles. The van der Waals surface area contributed by atoms with Crippen LogP contribution in [0.4, 0.5) is 4.39 Å². The first-order chi connectivity index (χ1) is 9.24. The zero-order valence-electron chi connectivity index (χ0n) is 12.1. The van der Waals surface area contributed by atoms with Crippen LogP contribution in [0, 0.1) is 12.7 Å². The fraction of sp³-hybridized carbons (Fsp3) is 0.538. The first-order valence-electron chi connectivity index (χ1n) is 6.04. The molecule has 1 N–H and O–H groups in total. The van der Waals surface area contributed by atoms with Crippen molar-refractivity contribution in [1.82, 2.24) is 4.72 Å². The van der Waals surface area contributed by atoms with E-state index >= 15 is 0 Å². The molecular formula is C13H20FNO4S. The van der Waals surface area contributed by atoms with E-state index in [2.05, 4.69) is 4.72 Å². The van der Waals surface area contributed by atoms with Crippen LogP contribution in [0.2, 0.25) is 0 Å². The molecule has 114 valence electrons. The Balaban J connectivity index is 2.87. The fourth-order valence-corrected chi connectivity index (χ4v) is 2.84. The Morgan fingerprint density at radius 1 is 1.35 bits per heavy atom. The number of halogens is 1. The fourth-order valence-electron chi connectivity index (χ4n) is 1.60. The van der Waals surface area contributed by atoms with Crippen molar-refractivity contribution in [2.24, 2.45) is 0 Å². The van der Waals surface area contributed by atoms with E-state index in [0.717, 1.165) is 6.07 Å². The molecule has 1 atom stereocenters. The molecule has 7 heteroatoms. The van der Waals surface area contributed by atoms with Crippen LogP contribution in [0.15, 0.2) is 23.1 Å². The Morgan fingerprint density at radius 2 is 2.00 bits per heavy atom. The molecule has 0 spiro atoms. The standard InChI is InChI=1S/C13H20FNO4S/c1-10-7-11(5-6-12(10)14)20(16,17)15-8-13(2,19-4)9-18-3/h5-7,15H,8-9H2,1-4H3. The van der Waals surface area contributed by atoms with E-state index in [1.165, 1.54) is 33.3 Å². The van der Waals surface area contributed by atoms with Crippen molar-refractivity contribution >= 4 is 10.0 Å². The maximum atomic E-state index is 13.2. The van der Waals surface area contributed by atoms with Crippen LogP contribution in [-0.4, -0.2) is 41.4 Å². The molecule has 0 aliphatic rings. The first-order valence-corrected chi connectivity index (χ1v) is 7.52. The molecule has 0 aromatic heterocycles. The first kappa shape index (κ1) is 17.0. The summed E-state index contributed by atoms with van der Waals surface area (Å²) in [7, 11) is -0.723. The summed E-state index contributed by atoms with van der Waals surface area (Å²) >= 11 is 0. The van der Waals surface area contributed by atoms with Gasteiger partial charge in [-0.3, -0.25) is 0 Å². The van der Waals surface area contributed by atoms with E-state index in [0.29, 0.717) is 0 Å². The van der Waals surface area contributed by atoms with Crippen molar-refractivity contribution < 1.29 is 22.3 Å². The summed E-state index contributed by atoms with van der Waals surface area (Å²) in [6.07, 6.45) is 0. The van der Waals surface area contributed by atoms with Gasteiger partial charge >= 0.3 is 0 Å². The second-order valence-electron chi connectivity index (χ2n) is 4.82. The molecule has 1 rings (SSSR count). The third-order valence-electron chi connectivity index (χ3n) is 3.02. The van der Waals surface area contributed by atoms with E-state index in [4.69, 9.17) is 9.47 Å². The molecule has 0 aliphatic carbocycles. The highest BCUT2D eigenvalue weighted by molar-refractivity contribution is 7.89. The number of aryl methyl sites for hydroxylation is 1. The van der Waals surface area contributed by atoms with Crippen LogP contribution >= 0.6 is 0 Å². The Bertz CT molecular complexity index is 561. The zero-order chi connectivity index (χ0) is 15.4. The maximum absolute atomic E-state index is 13.2. The highest BCUT2D eigenvalue weighted by atomic mass is 32.2. The summed E-state index contributed by atoms with van der Waals surface area (Å²) in [5.74, 6) is -0.440. The third kappa shape index (κ3) is 4.24. The van der Waals surface area contributed by atoms with Gasteiger partial charge in [0.2, 0.25) is 10.0 Å². The smallest absolute Gasteiger partial charge is 0.240 e. The second kappa shape index (κ2) is 6.62. The van der Waals surface area contributed by atoms with Gasteiger partial charge in [0.15, 0.2) is 0 Å². The lowest BCUT2D eigenvalue weighted by molar-refractivity contribution is -0.0460. The maximum Gasteiger partial charge on any atom is 0.240 e. The van der Waals surface area contributed by atoms with Gasteiger partial charge in [0.1, 0.15) is 11.4 Å². The van der Waals surface area contributed by atoms with Crippen molar-refractivity contribution in [3.05, 3.63) is 29.6 Å². The Labute approximate surface area is 119 Å². The lowest BCUT2D eigenvalue weighted by Gasteiger charge is -2.27. The van der Waals surface area contributed by atoms with Crippen molar-refractivity contribution in [1.29, 1.82) is 0 Å². The zero-order valence-corrected chi connectivity index (χ0v) is 12.9. The molecule has 0 fully saturated rings. The molecule has 0 bridgehead atoms. The van der Waals surface area contributed by atoms with E-state index < -0.39 is 21.4 Å². The molecule has 0 saturated carbocycles. The average Bonchev–Trinajstić information content (AvgIpc) is 2.40. The van der Waals surface area contributed by atoms with Gasteiger partial charge in [-0.1, -0.05) is 0 Å². The molecule has 0 radical (unpaired) electrons. The van der Waals surface area contributed by atoms with E-state index in [1.807, 2.05) is 0 Å². The van der Waals surface area contributed by atoms with Gasteiger partial charge in [0.05, 0.1) is 11.5 Å². The average molecular weight is 305 g/mol. The molecule has 0 amide bonds. The van der Waals surface area contributed by atoms with Crippen LogP contribution in [0.25, 0.3) is 0 Å². The number of hydrogen-bond acceptors (Lipinski definition) is 4. The largest absolute Gasteiger partial charge is 0.382 e. The van der Waals surface area contributed by atoms with Gasteiger partial charge in [-0.25, -0.2) is 17.5 Å². The van der Waals surface area contributed by atoms with Crippen molar-refractivity contribution in [3.8, 4) is 0 Å². The molecule has 0 heterocycles. The lowest BCUT2D eigenvalue weighted by atomic mass is 10.1. The minimum absolute atomic E-state index is 0.0206. The summed E-state index contributed by atoms with van der Waals surface area (Å²) in [4.78, 5) is 0.0206. The molecule has 0 saturated heterocycles. The molecular weight excluding hydrogens is 285 g/mol. The SMILES string of the molecule is COCC(C)(CNS(=O)(=O)c1ccc(F)c(C)c1)OC. The number of rotatable bonds is 7. The van der Waals surface area contributed by atoms with Gasteiger partial charge in [-0.2, -0.15) is 0 Å². The van der Waals surface area contributed by atoms with Crippen molar-refractivity contribution in [2.45, 2.75) is 24.3 Å². The number of nitrogens with one attached hydrogen (secondary N) is 1. The lowest BCUT2D eigenvalue weighted by Crippen LogP contribution is -2.45. The molecule has 1 unspecified atom stereocenters. The van der Waals surface area contributed by atoms with Crippen molar-refractivity contribution in [2.75, 3.05) is 27.4 Å². The van der Waals surface area contributed by atoms with E-state index in [-0.39, 0.29) is 23.6 Å². The monoisotopic (exact) mass is 305 g/mol. The second-order valence-corrected chi connectivity index (χ2v) is 6.59. The highest BCUT2D eigenvalue weighted by Gasteiger charge is 2.26. The summed E-state index contributed by atoms with van der Waals surface area (Å²) in [6.45, 7) is 3.54. The predicted molar refractivity (Wildman–Crippen MR) is 73.6 cm³/mol. The molecule has 5 nitrogen and oxygen atoms in total. The summed E-state index contributed by atoms with van der Waals surface area (Å²) < 4.78 is 50.1. The molecule has 20 heavy (non-hydrogen) atoms. The van der Waals surface area contributed by atoms with Crippen LogP contribution in [-0.2, 0) is 19.5 Å². The number of hydrogen-bond donors (Lipinski definition) is 1. The quantitative estimate of drug-likeness (QED) is 0.828. The van der Waals surface area contributed by atoms with E-state index in [1.54, 1.807) is 6.92 Å². The minimum Gasteiger partial charge on any atom is -0.382 e. The van der Waals surface area contributed by atoms with Crippen molar-refractivity contribution in [3.63, 3.8) is 0 Å². The van der Waals surface area contributed by atoms with Crippen LogP contribution in [0.3, 0.4) is 0 Å². The minimum atomic E-state index is -3.71. The van der Waals surface area contributed by atoms with Gasteiger partial charge in [-0.05, 0) is 37.6 Å². The van der Waals surface area contributed by atoms with Gasteiger partial charge in [0.25, 0.3) is 0 Å². The number of sulfonamides is 1. The van der Waals surface area contributed by atoms with Crippen LogP contribution in [0.5, 0.6) is 0 Å². The normalized spacial score (nSPS) is 15.1. The summed E-state index contributed by atoms with van der Waals surface area (Å²) in [5.41, 5.74) is -0.490. The number of ether oxygens (including phenoxy) is 2. The Morgan fingerprint density at radius 3 is 2.50 bits per heavy atom. The van der Waals surface area contributed by atoms with Gasteiger partial charge < -0.3 is 9.47 Å².